The number of amides is 2. The first-order chi connectivity index (χ1) is 19.3. The molecule has 4 aromatic rings. The van der Waals surface area contributed by atoms with Crippen molar-refractivity contribution in [2.75, 3.05) is 0 Å². The van der Waals surface area contributed by atoms with Crippen LogP contribution in [-0.2, 0) is 39.4 Å². The van der Waals surface area contributed by atoms with Gasteiger partial charge in [0.1, 0.15) is 0 Å². The monoisotopic (exact) mass is 556 g/mol. The van der Waals surface area contributed by atoms with Crippen LogP contribution in [0.15, 0.2) is 101 Å². The number of aromatic nitrogens is 2. The molecule has 1 aliphatic rings. The molecule has 1 aliphatic heterocycles. The highest BCUT2D eigenvalue weighted by atomic mass is 32.2. The molecule has 40 heavy (non-hydrogen) atoms. The second-order valence-electron chi connectivity index (χ2n) is 9.46. The predicted octanol–water partition coefficient (Wildman–Crippen LogP) is 4.32. The first-order valence-corrected chi connectivity index (χ1v) is 14.1. The fourth-order valence-electron chi connectivity index (χ4n) is 4.41. The second-order valence-corrected chi connectivity index (χ2v) is 11.2. The molecule has 1 saturated heterocycles. The maximum absolute atomic E-state index is 13.6. The fraction of sp³-hybridized carbons (Fsp3) is 0.207. The number of aryl methyl sites for hydroxylation is 1. The Labute approximate surface area is 232 Å². The number of hydrogen-bond acceptors (Lipinski definition) is 7. The van der Waals surface area contributed by atoms with Gasteiger partial charge in [0.15, 0.2) is 5.82 Å². The van der Waals surface area contributed by atoms with Crippen molar-refractivity contribution in [3.05, 3.63) is 119 Å². The van der Waals surface area contributed by atoms with Gasteiger partial charge in [0, 0.05) is 5.56 Å². The van der Waals surface area contributed by atoms with Gasteiger partial charge in [-0.05, 0) is 30.5 Å². The molecule has 204 valence electrons. The number of carbonyl (C=O) groups excluding carboxylic acids is 2. The van der Waals surface area contributed by atoms with E-state index in [1.807, 2.05) is 44.2 Å². The zero-order chi connectivity index (χ0) is 28.3. The molecule has 0 aliphatic carbocycles. The molecule has 2 amide bonds. The van der Waals surface area contributed by atoms with E-state index in [0.717, 1.165) is 16.8 Å². The average molecular weight is 557 g/mol. The van der Waals surface area contributed by atoms with Gasteiger partial charge in [-0.3, -0.25) is 9.59 Å². The molecule has 0 atom stereocenters. The molecular formula is C29H28N6O4S. The van der Waals surface area contributed by atoms with Crippen molar-refractivity contribution in [1.29, 1.82) is 0 Å². The number of carbonyl (C=O) groups is 2. The molecule has 0 saturated carbocycles. The number of benzene rings is 3. The van der Waals surface area contributed by atoms with Crippen LogP contribution in [0.1, 0.15) is 27.9 Å². The molecule has 0 bridgehead atoms. The number of nitrogens with zero attached hydrogens (tertiary/aromatic N) is 6. The molecule has 0 spiro atoms. The van der Waals surface area contributed by atoms with Gasteiger partial charge < -0.3 is 0 Å². The third kappa shape index (κ3) is 5.41. The molecule has 11 heteroatoms. The van der Waals surface area contributed by atoms with E-state index in [9.17, 15) is 18.0 Å². The lowest BCUT2D eigenvalue weighted by Gasteiger charge is -2.36. The van der Waals surface area contributed by atoms with E-state index in [2.05, 4.69) is 15.3 Å². The van der Waals surface area contributed by atoms with Crippen LogP contribution in [0.2, 0.25) is 0 Å². The van der Waals surface area contributed by atoms with E-state index in [4.69, 9.17) is 0 Å². The maximum atomic E-state index is 13.6. The van der Waals surface area contributed by atoms with Crippen LogP contribution >= 0.6 is 0 Å². The summed E-state index contributed by atoms with van der Waals surface area (Å²) in [5.41, 5.74) is 3.64. The van der Waals surface area contributed by atoms with Crippen LogP contribution < -0.4 is 0 Å². The van der Waals surface area contributed by atoms with Crippen LogP contribution in [0.3, 0.4) is 0 Å². The third-order valence-corrected chi connectivity index (χ3v) is 8.42. The minimum atomic E-state index is -4.48. The van der Waals surface area contributed by atoms with Crippen LogP contribution in [0.25, 0.3) is 0 Å². The maximum Gasteiger partial charge on any atom is 0.331 e. The Morgan fingerprint density at radius 2 is 1.12 bits per heavy atom. The lowest BCUT2D eigenvalue weighted by Crippen LogP contribution is -2.60. The Kier molecular flexibility index (Phi) is 7.56. The summed E-state index contributed by atoms with van der Waals surface area (Å²) in [5, 5.41) is 13.0. The highest BCUT2D eigenvalue weighted by Gasteiger charge is 2.50. The zero-order valence-electron chi connectivity index (χ0n) is 22.1. The summed E-state index contributed by atoms with van der Waals surface area (Å²) in [5.74, 6) is -1.52. The van der Waals surface area contributed by atoms with E-state index in [-0.39, 0.29) is 13.1 Å². The predicted molar refractivity (Wildman–Crippen MR) is 148 cm³/mol. The van der Waals surface area contributed by atoms with Crippen LogP contribution in [0.5, 0.6) is 0 Å². The summed E-state index contributed by atoms with van der Waals surface area (Å²) in [4.78, 5) is 27.1. The molecule has 3 aromatic carbocycles. The lowest BCUT2D eigenvalue weighted by molar-refractivity contribution is -0.141. The van der Waals surface area contributed by atoms with Gasteiger partial charge in [-0.25, -0.2) is 13.3 Å². The van der Waals surface area contributed by atoms with Crippen molar-refractivity contribution < 1.29 is 18.0 Å². The van der Waals surface area contributed by atoms with E-state index < -0.39 is 28.1 Å². The molecule has 1 aromatic heterocycles. The summed E-state index contributed by atoms with van der Waals surface area (Å²) in [7, 11) is -4.48. The quantitative estimate of drug-likeness (QED) is 0.237. The smallest absolute Gasteiger partial charge is 0.271 e. The molecular weight excluding hydrogens is 528 g/mol. The van der Waals surface area contributed by atoms with E-state index >= 15 is 0 Å². The van der Waals surface area contributed by atoms with E-state index in [1.165, 1.54) is 0 Å². The Morgan fingerprint density at radius 1 is 0.700 bits per heavy atom. The van der Waals surface area contributed by atoms with Crippen molar-refractivity contribution in [2.24, 2.45) is 10.2 Å². The van der Waals surface area contributed by atoms with Crippen molar-refractivity contribution >= 4 is 27.8 Å². The van der Waals surface area contributed by atoms with Crippen molar-refractivity contribution in [2.45, 2.75) is 39.5 Å². The summed E-state index contributed by atoms with van der Waals surface area (Å²) < 4.78 is 30.3. The van der Waals surface area contributed by atoms with Crippen LogP contribution in [0.4, 0.5) is 5.82 Å². The number of rotatable bonds is 8. The van der Waals surface area contributed by atoms with Crippen molar-refractivity contribution in [1.82, 2.24) is 18.4 Å². The summed E-state index contributed by atoms with van der Waals surface area (Å²) in [6.45, 7) is 3.59. The molecule has 1 fully saturated rings. The lowest BCUT2D eigenvalue weighted by atomic mass is 10.2. The first-order valence-electron chi connectivity index (χ1n) is 12.7. The van der Waals surface area contributed by atoms with Gasteiger partial charge in [-0.15, -0.1) is 5.11 Å². The Morgan fingerprint density at radius 3 is 1.57 bits per heavy atom. The van der Waals surface area contributed by atoms with Gasteiger partial charge in [-0.2, -0.15) is 18.6 Å². The van der Waals surface area contributed by atoms with E-state index in [1.54, 1.807) is 65.3 Å². The Bertz CT molecular complexity index is 1590. The molecule has 0 unspecified atom stereocenters. The molecule has 0 radical (unpaired) electrons. The van der Waals surface area contributed by atoms with Crippen molar-refractivity contribution in [3.8, 4) is 0 Å². The van der Waals surface area contributed by atoms with E-state index in [0.29, 0.717) is 32.1 Å². The highest BCUT2D eigenvalue weighted by Crippen LogP contribution is 2.28. The largest absolute Gasteiger partial charge is 0.331 e. The van der Waals surface area contributed by atoms with Crippen LogP contribution in [-0.4, -0.2) is 44.7 Å². The molecule has 0 N–H and O–H groups in total. The standard InChI is InChI=1S/C29H28N6O4S/c1-21-22(2)32-33(18-23-12-6-3-7-13-23)27(21)31-30-26-28(36)34(19-24-14-8-4-9-15-24)40(38,39)35(29(26)37)20-25-16-10-5-11-17-25/h3-17,26H,18-20H2,1-2H3. The highest BCUT2D eigenvalue weighted by molar-refractivity contribution is 7.88. The van der Waals surface area contributed by atoms with Crippen LogP contribution in [0, 0.1) is 13.8 Å². The molecule has 2 heterocycles. The van der Waals surface area contributed by atoms with Gasteiger partial charge in [-0.1, -0.05) is 91.0 Å². The van der Waals surface area contributed by atoms with Gasteiger partial charge in [0.05, 0.1) is 25.3 Å². The van der Waals surface area contributed by atoms with Gasteiger partial charge >= 0.3 is 10.2 Å². The van der Waals surface area contributed by atoms with Crippen molar-refractivity contribution in [3.63, 3.8) is 0 Å². The first kappa shape index (κ1) is 26.9. The van der Waals surface area contributed by atoms with Gasteiger partial charge in [0.2, 0.25) is 6.04 Å². The minimum Gasteiger partial charge on any atom is -0.271 e. The zero-order valence-corrected chi connectivity index (χ0v) is 22.9. The average Bonchev–Trinajstić information content (AvgIpc) is 3.22. The summed E-state index contributed by atoms with van der Waals surface area (Å²) in [6, 6.07) is 25.4. The number of hydrogen-bond donors (Lipinski definition) is 0. The molecule has 10 nitrogen and oxygen atoms in total. The topological polar surface area (TPSA) is 117 Å². The number of azo groups is 1. The normalized spacial score (nSPS) is 15.8. The van der Waals surface area contributed by atoms with Gasteiger partial charge in [0.25, 0.3) is 11.8 Å². The summed E-state index contributed by atoms with van der Waals surface area (Å²) in [6.07, 6.45) is 0. The summed E-state index contributed by atoms with van der Waals surface area (Å²) >= 11 is 0. The Hall–Kier alpha value is -4.64. The fourth-order valence-corrected chi connectivity index (χ4v) is 5.92. The molecule has 5 rings (SSSR count). The second kappa shape index (κ2) is 11.2. The third-order valence-electron chi connectivity index (χ3n) is 6.69. The SMILES string of the molecule is Cc1nn(Cc2ccccc2)c(N=NC2C(=O)N(Cc3ccccc3)S(=O)(=O)N(Cc3ccccc3)C2=O)c1C. The minimum absolute atomic E-state index is 0.239. The Balaban J connectivity index is 1.52.